The van der Waals surface area contributed by atoms with Gasteiger partial charge in [-0.15, -0.1) is 11.3 Å². The van der Waals surface area contributed by atoms with E-state index in [1.807, 2.05) is 19.1 Å². The highest BCUT2D eigenvalue weighted by Crippen LogP contribution is 2.62. The number of thiazole rings is 1. The summed E-state index contributed by atoms with van der Waals surface area (Å²) in [5.41, 5.74) is 2.27. The summed E-state index contributed by atoms with van der Waals surface area (Å²) in [6.07, 6.45) is 8.47. The van der Waals surface area contributed by atoms with E-state index >= 15 is 0 Å². The van der Waals surface area contributed by atoms with Gasteiger partial charge < -0.3 is 15.2 Å². The molecule has 34 heavy (non-hydrogen) atoms. The number of hydrogen-bond acceptors (Lipinski definition) is 6. The van der Waals surface area contributed by atoms with E-state index in [-0.39, 0.29) is 17.1 Å². The predicted molar refractivity (Wildman–Crippen MR) is 132 cm³/mol. The Morgan fingerprint density at radius 1 is 1.35 bits per heavy atom. The lowest BCUT2D eigenvalue weighted by atomic mass is 9.54. The molecule has 0 saturated heterocycles. The fraction of sp³-hybridized carbons (Fsp3) is 0.593. The summed E-state index contributed by atoms with van der Waals surface area (Å²) in [4.78, 5) is 30.9. The van der Waals surface area contributed by atoms with Gasteiger partial charge in [0.1, 0.15) is 5.78 Å². The van der Waals surface area contributed by atoms with E-state index in [9.17, 15) is 14.7 Å². The first kappa shape index (κ1) is 23.3. The third kappa shape index (κ3) is 4.02. The van der Waals surface area contributed by atoms with Crippen LogP contribution in [0.4, 0.5) is 5.13 Å². The molecule has 2 fully saturated rings. The first-order chi connectivity index (χ1) is 16.3. The molecule has 5 rings (SSSR count). The lowest BCUT2D eigenvalue weighted by Gasteiger charge is -2.50. The molecule has 7 heteroatoms. The first-order valence-electron chi connectivity index (χ1n) is 12.5. The number of ether oxygens (including phenoxy) is 1. The molecule has 3 aliphatic carbocycles. The Kier molecular flexibility index (Phi) is 6.17. The number of phenolic OH excluding ortho intramolecular Hbond substituents is 1. The van der Waals surface area contributed by atoms with Gasteiger partial charge in [-0.25, -0.2) is 4.98 Å². The Morgan fingerprint density at radius 3 is 2.91 bits per heavy atom. The smallest absolute Gasteiger partial charge is 0.226 e. The number of nitrogens with zero attached hydrogens (tertiary/aromatic N) is 1. The zero-order valence-electron chi connectivity index (χ0n) is 20.2. The van der Waals surface area contributed by atoms with E-state index in [1.165, 1.54) is 22.5 Å². The number of phenols is 1. The maximum Gasteiger partial charge on any atom is 0.226 e. The average molecular weight is 483 g/mol. The minimum absolute atomic E-state index is 0.00134. The molecule has 6 nitrogen and oxygen atoms in total. The van der Waals surface area contributed by atoms with Gasteiger partial charge in [-0.1, -0.05) is 6.92 Å². The topological polar surface area (TPSA) is 88.5 Å². The third-order valence-electron chi connectivity index (χ3n) is 8.71. The SMILES string of the molecule is COc1cc2c(cc1O)CCC1C2CC[C@]2(C)C(=O)C[C@@H](CCCC(=O)Nc3ncc(C)s3)C12. The standard InChI is InChI=1S/C27H34N2O4S/c1-15-14-28-26(34-15)29-24(32)6-4-5-17-12-23(31)27(2)10-9-18-19(25(17)27)8-7-16-11-21(30)22(33-3)13-20(16)18/h11,13-14,17-19,25,30H,4-10,12H2,1-3H3,(H,28,29,32)/t17-,18?,19?,25?,27-/m1/s1. The number of methoxy groups -OCH3 is 1. The van der Waals surface area contributed by atoms with Crippen molar-refractivity contribution < 1.29 is 19.4 Å². The molecule has 0 aliphatic heterocycles. The fourth-order valence-electron chi connectivity index (χ4n) is 7.19. The van der Waals surface area contributed by atoms with Gasteiger partial charge >= 0.3 is 0 Å². The number of aryl methyl sites for hydroxylation is 2. The van der Waals surface area contributed by atoms with E-state index in [2.05, 4.69) is 17.2 Å². The van der Waals surface area contributed by atoms with E-state index < -0.39 is 0 Å². The van der Waals surface area contributed by atoms with Crippen LogP contribution in [-0.2, 0) is 16.0 Å². The molecule has 2 saturated carbocycles. The van der Waals surface area contributed by atoms with Crippen LogP contribution in [0.3, 0.4) is 0 Å². The normalized spacial score (nSPS) is 29.8. The van der Waals surface area contributed by atoms with Crippen LogP contribution in [0.2, 0.25) is 0 Å². The maximum absolute atomic E-state index is 13.2. The van der Waals surface area contributed by atoms with Gasteiger partial charge in [-0.2, -0.15) is 0 Å². The number of rotatable bonds is 6. The van der Waals surface area contributed by atoms with Crippen LogP contribution in [0.5, 0.6) is 11.5 Å². The summed E-state index contributed by atoms with van der Waals surface area (Å²) >= 11 is 1.49. The zero-order chi connectivity index (χ0) is 24.0. The summed E-state index contributed by atoms with van der Waals surface area (Å²) in [5.74, 6) is 2.72. The van der Waals surface area contributed by atoms with Crippen molar-refractivity contribution in [1.29, 1.82) is 0 Å². The van der Waals surface area contributed by atoms with Crippen molar-refractivity contribution in [1.82, 2.24) is 4.98 Å². The Morgan fingerprint density at radius 2 is 2.18 bits per heavy atom. The number of carbonyl (C=O) groups excluding carboxylic acids is 2. The molecule has 2 aromatic rings. The molecule has 5 atom stereocenters. The lowest BCUT2D eigenvalue weighted by Crippen LogP contribution is -2.44. The molecule has 3 aliphatic rings. The minimum atomic E-state index is -0.245. The Hall–Kier alpha value is -2.41. The number of fused-ring (bicyclic) bond motifs is 5. The molecular weight excluding hydrogens is 448 g/mol. The number of carbonyl (C=O) groups is 2. The molecular formula is C27H34N2O4S. The molecule has 182 valence electrons. The molecule has 1 heterocycles. The molecule has 2 N–H and O–H groups in total. The molecule has 1 aromatic carbocycles. The number of amides is 1. The number of aromatic nitrogens is 1. The fourth-order valence-corrected chi connectivity index (χ4v) is 7.88. The molecule has 3 unspecified atom stereocenters. The van der Waals surface area contributed by atoms with Crippen molar-refractivity contribution in [2.75, 3.05) is 12.4 Å². The number of benzene rings is 1. The van der Waals surface area contributed by atoms with Gasteiger partial charge in [-0.3, -0.25) is 9.59 Å². The number of ketones is 1. The molecule has 0 spiro atoms. The van der Waals surface area contributed by atoms with Crippen LogP contribution in [0, 0.1) is 30.1 Å². The second-order valence-corrected chi connectivity index (χ2v) is 11.9. The van der Waals surface area contributed by atoms with Gasteiger partial charge in [0, 0.05) is 29.3 Å². The summed E-state index contributed by atoms with van der Waals surface area (Å²) in [6, 6.07) is 3.90. The van der Waals surface area contributed by atoms with Crippen LogP contribution in [0.15, 0.2) is 18.3 Å². The van der Waals surface area contributed by atoms with Gasteiger partial charge in [-0.05, 0) is 92.4 Å². The number of anilines is 1. The van der Waals surface area contributed by atoms with Crippen molar-refractivity contribution in [3.63, 3.8) is 0 Å². The second kappa shape index (κ2) is 8.99. The van der Waals surface area contributed by atoms with Gasteiger partial charge in [0.25, 0.3) is 0 Å². The number of Topliss-reactive ketones (excluding diaryl/α,β-unsaturated/α-hetero) is 1. The van der Waals surface area contributed by atoms with Crippen molar-refractivity contribution in [3.05, 3.63) is 34.3 Å². The van der Waals surface area contributed by atoms with Crippen LogP contribution < -0.4 is 10.1 Å². The number of aromatic hydroxyl groups is 1. The third-order valence-corrected chi connectivity index (χ3v) is 9.54. The van der Waals surface area contributed by atoms with Gasteiger partial charge in [0.05, 0.1) is 7.11 Å². The number of hydrogen-bond donors (Lipinski definition) is 2. The number of nitrogens with one attached hydrogen (secondary N) is 1. The van der Waals surface area contributed by atoms with Crippen LogP contribution in [0.25, 0.3) is 0 Å². The van der Waals surface area contributed by atoms with E-state index in [1.54, 1.807) is 13.3 Å². The summed E-state index contributed by atoms with van der Waals surface area (Å²) in [6.45, 7) is 4.17. The van der Waals surface area contributed by atoms with Crippen LogP contribution >= 0.6 is 11.3 Å². The van der Waals surface area contributed by atoms with Crippen molar-refractivity contribution >= 4 is 28.2 Å². The Labute approximate surface area is 205 Å². The second-order valence-electron chi connectivity index (χ2n) is 10.6. The Balaban J connectivity index is 1.30. The van der Waals surface area contributed by atoms with Crippen LogP contribution in [0.1, 0.15) is 73.8 Å². The zero-order valence-corrected chi connectivity index (χ0v) is 21.0. The predicted octanol–water partition coefficient (Wildman–Crippen LogP) is 5.63. The van der Waals surface area contributed by atoms with Gasteiger partial charge in [0.15, 0.2) is 16.6 Å². The Bertz CT molecular complexity index is 1110. The monoisotopic (exact) mass is 482 g/mol. The van der Waals surface area contributed by atoms with Crippen molar-refractivity contribution in [2.24, 2.45) is 23.2 Å². The minimum Gasteiger partial charge on any atom is -0.504 e. The maximum atomic E-state index is 13.2. The average Bonchev–Trinajstić information content (AvgIpc) is 3.32. The van der Waals surface area contributed by atoms with Crippen molar-refractivity contribution in [2.45, 2.75) is 71.1 Å². The van der Waals surface area contributed by atoms with E-state index in [0.29, 0.717) is 53.2 Å². The highest BCUT2D eigenvalue weighted by atomic mass is 32.1. The van der Waals surface area contributed by atoms with Crippen LogP contribution in [-0.4, -0.2) is 28.9 Å². The molecule has 1 amide bonds. The molecule has 0 bridgehead atoms. The summed E-state index contributed by atoms with van der Waals surface area (Å²) < 4.78 is 5.41. The molecule has 1 aromatic heterocycles. The summed E-state index contributed by atoms with van der Waals surface area (Å²) in [7, 11) is 1.59. The highest BCUT2D eigenvalue weighted by molar-refractivity contribution is 7.15. The highest BCUT2D eigenvalue weighted by Gasteiger charge is 2.58. The first-order valence-corrected chi connectivity index (χ1v) is 13.3. The quantitative estimate of drug-likeness (QED) is 0.557. The van der Waals surface area contributed by atoms with E-state index in [0.717, 1.165) is 43.4 Å². The van der Waals surface area contributed by atoms with Crippen molar-refractivity contribution in [3.8, 4) is 11.5 Å². The largest absolute Gasteiger partial charge is 0.504 e. The van der Waals surface area contributed by atoms with E-state index in [4.69, 9.17) is 4.74 Å². The molecule has 0 radical (unpaired) electrons. The summed E-state index contributed by atoms with van der Waals surface area (Å²) in [5, 5.41) is 13.8. The van der Waals surface area contributed by atoms with Gasteiger partial charge in [0.2, 0.25) is 5.91 Å². The lowest BCUT2D eigenvalue weighted by molar-refractivity contribution is -0.129.